The van der Waals surface area contributed by atoms with E-state index in [0.29, 0.717) is 28.5 Å². The van der Waals surface area contributed by atoms with Crippen molar-refractivity contribution in [1.29, 1.82) is 0 Å². The molecular weight excluding hydrogens is 477 g/mol. The molecule has 0 fully saturated rings. The van der Waals surface area contributed by atoms with Crippen molar-refractivity contribution >= 4 is 33.1 Å². The highest BCUT2D eigenvalue weighted by Crippen LogP contribution is 2.57. The van der Waals surface area contributed by atoms with E-state index in [-0.39, 0.29) is 23.3 Å². The second kappa shape index (κ2) is 7.44. The van der Waals surface area contributed by atoms with E-state index in [9.17, 15) is 14.0 Å². The Morgan fingerprint density at radius 3 is 2.69 bits per heavy atom. The van der Waals surface area contributed by atoms with Crippen LogP contribution in [0, 0.1) is 11.2 Å². The molecule has 5 aromatic rings. The topological polar surface area (TPSA) is 92.7 Å². The molecule has 2 N–H and O–H groups in total. The van der Waals surface area contributed by atoms with Crippen LogP contribution in [0.5, 0.6) is 0 Å². The smallest absolute Gasteiger partial charge is 0.301 e. The fraction of sp³-hybridized carbons (Fsp3) is 0.185. The lowest BCUT2D eigenvalue weighted by Gasteiger charge is -2.49. The molecule has 3 aliphatic rings. The summed E-state index contributed by atoms with van der Waals surface area (Å²) in [4.78, 5) is 31.2. The first-order valence-electron chi connectivity index (χ1n) is 11.7. The molecule has 8 rings (SSSR count). The van der Waals surface area contributed by atoms with Crippen LogP contribution in [-0.2, 0) is 4.79 Å². The maximum absolute atomic E-state index is 14.3. The number of hydrogen-bond acceptors (Lipinski definition) is 5. The van der Waals surface area contributed by atoms with E-state index in [2.05, 4.69) is 20.5 Å². The molecule has 0 saturated heterocycles. The minimum atomic E-state index is -0.881. The number of H-pyrrole nitrogens is 1. The highest BCUT2D eigenvalue weighted by atomic mass is 32.1. The van der Waals surface area contributed by atoms with E-state index in [1.54, 1.807) is 22.8 Å². The summed E-state index contributed by atoms with van der Waals surface area (Å²) in [5.74, 6) is 0.0372. The number of amides is 1. The summed E-state index contributed by atoms with van der Waals surface area (Å²) in [6, 6.07) is 17.9. The van der Waals surface area contributed by atoms with E-state index in [1.165, 1.54) is 17.4 Å². The lowest BCUT2D eigenvalue weighted by molar-refractivity contribution is -0.128. The van der Waals surface area contributed by atoms with Gasteiger partial charge in [-0.2, -0.15) is 5.10 Å². The summed E-state index contributed by atoms with van der Waals surface area (Å²) < 4.78 is 15.9. The van der Waals surface area contributed by atoms with E-state index >= 15 is 0 Å². The van der Waals surface area contributed by atoms with Crippen LogP contribution in [0.1, 0.15) is 42.3 Å². The Kier molecular flexibility index (Phi) is 4.38. The van der Waals surface area contributed by atoms with Crippen LogP contribution >= 0.6 is 11.3 Å². The summed E-state index contributed by atoms with van der Waals surface area (Å²) in [5, 5.41) is 13.5. The van der Waals surface area contributed by atoms with Gasteiger partial charge in [0.25, 0.3) is 0 Å². The zero-order valence-electron chi connectivity index (χ0n) is 19.2. The Morgan fingerprint density at radius 1 is 1.11 bits per heavy atom. The van der Waals surface area contributed by atoms with Crippen LogP contribution in [0.2, 0.25) is 0 Å². The molecule has 36 heavy (non-hydrogen) atoms. The van der Waals surface area contributed by atoms with Gasteiger partial charge in [0.15, 0.2) is 5.13 Å². The molecule has 1 unspecified atom stereocenters. The number of aromatic nitrogens is 4. The third-order valence-electron chi connectivity index (χ3n) is 7.59. The van der Waals surface area contributed by atoms with Crippen molar-refractivity contribution in [2.24, 2.45) is 5.41 Å². The average Bonchev–Trinajstić information content (AvgIpc) is 3.52. The van der Waals surface area contributed by atoms with Crippen LogP contribution in [0.3, 0.4) is 0 Å². The third kappa shape index (κ3) is 2.83. The van der Waals surface area contributed by atoms with Crippen molar-refractivity contribution in [3.05, 3.63) is 99.3 Å². The molecule has 9 heteroatoms. The summed E-state index contributed by atoms with van der Waals surface area (Å²) >= 11 is 1.32. The monoisotopic (exact) mass is 497 g/mol. The normalized spacial score (nSPS) is 21.8. The number of anilines is 1. The Hall–Kier alpha value is -4.11. The van der Waals surface area contributed by atoms with Gasteiger partial charge in [0, 0.05) is 22.2 Å². The van der Waals surface area contributed by atoms with Crippen molar-refractivity contribution in [2.45, 2.75) is 25.3 Å². The van der Waals surface area contributed by atoms with Gasteiger partial charge < -0.3 is 5.32 Å². The number of fused-ring (bicyclic) bond motifs is 2. The zero-order valence-corrected chi connectivity index (χ0v) is 20.0. The Bertz CT molecular complexity index is 1750. The summed E-state index contributed by atoms with van der Waals surface area (Å²) in [7, 11) is 0. The molecule has 1 amide bonds. The predicted molar refractivity (Wildman–Crippen MR) is 136 cm³/mol. The van der Waals surface area contributed by atoms with Gasteiger partial charge in [0.2, 0.25) is 5.91 Å². The van der Waals surface area contributed by atoms with E-state index in [0.717, 1.165) is 22.1 Å². The fourth-order valence-corrected chi connectivity index (χ4v) is 6.64. The number of benzene rings is 3. The Morgan fingerprint density at radius 2 is 1.86 bits per heavy atom. The van der Waals surface area contributed by atoms with Crippen LogP contribution in [0.15, 0.2) is 70.8 Å². The van der Waals surface area contributed by atoms with E-state index in [1.807, 2.05) is 48.7 Å². The first-order chi connectivity index (χ1) is 17.5. The number of rotatable bonds is 3. The van der Waals surface area contributed by atoms with Crippen molar-refractivity contribution in [2.75, 3.05) is 5.32 Å². The summed E-state index contributed by atoms with van der Waals surface area (Å²) in [6.45, 7) is 1.90. The maximum atomic E-state index is 14.3. The van der Waals surface area contributed by atoms with Gasteiger partial charge in [-0.05, 0) is 42.0 Å². The quantitative estimate of drug-likeness (QED) is 0.364. The van der Waals surface area contributed by atoms with Gasteiger partial charge >= 0.3 is 5.69 Å². The number of thiazole rings is 1. The van der Waals surface area contributed by atoms with Crippen molar-refractivity contribution in [3.8, 4) is 11.3 Å². The number of hydrogen-bond donors (Lipinski definition) is 2. The minimum Gasteiger partial charge on any atom is -0.301 e. The molecule has 0 radical (unpaired) electrons. The van der Waals surface area contributed by atoms with Gasteiger partial charge in [-0.15, -0.1) is 11.3 Å². The highest BCUT2D eigenvalue weighted by Gasteiger charge is 2.56. The number of halogens is 1. The summed E-state index contributed by atoms with van der Waals surface area (Å²) in [5.41, 5.74) is 2.36. The largest absolute Gasteiger partial charge is 0.343 e. The second-order valence-electron chi connectivity index (χ2n) is 9.60. The van der Waals surface area contributed by atoms with Crippen molar-refractivity contribution in [3.63, 3.8) is 0 Å². The molecule has 2 aromatic heterocycles. The van der Waals surface area contributed by atoms with Gasteiger partial charge in [0.05, 0.1) is 17.2 Å². The van der Waals surface area contributed by atoms with Crippen LogP contribution in [-0.4, -0.2) is 25.7 Å². The molecule has 3 atom stereocenters. The average molecular weight is 498 g/mol. The van der Waals surface area contributed by atoms with Crippen LogP contribution in [0.4, 0.5) is 9.52 Å². The Balaban J connectivity index is 1.25. The van der Waals surface area contributed by atoms with Gasteiger partial charge in [-0.3, -0.25) is 9.36 Å². The van der Waals surface area contributed by atoms with Gasteiger partial charge in [0.1, 0.15) is 11.6 Å². The molecule has 2 bridgehead atoms. The molecular formula is C27H20FN5O2S. The number of nitrogens with one attached hydrogen (secondary N) is 2. The second-order valence-corrected chi connectivity index (χ2v) is 10.5. The fourth-order valence-electron chi connectivity index (χ4n) is 5.93. The molecule has 178 valence electrons. The Labute approximate surface area is 208 Å². The van der Waals surface area contributed by atoms with E-state index < -0.39 is 11.5 Å². The highest BCUT2D eigenvalue weighted by molar-refractivity contribution is 7.14. The number of aromatic amines is 1. The number of carbonyl (C=O) groups excluding carboxylic acids is 1. The minimum absolute atomic E-state index is 0.154. The number of carbonyl (C=O) groups is 1. The van der Waals surface area contributed by atoms with Crippen LogP contribution < -0.4 is 11.0 Å². The summed E-state index contributed by atoms with van der Waals surface area (Å²) in [6.07, 6.45) is 0.533. The molecule has 3 aromatic carbocycles. The standard InChI is InChI=1S/C27H20FN5O2S/c1-27(12-19-15-7-3-5-9-18(15)22(27)33-23(19)31-32-26(33)35)24(34)30-25-29-21(13-36-25)17-10-11-20(28)16-8-4-2-6-14(16)17/h2-11,13,19,22H,12H2,1H3,(H,32,35)(H,29,30,34)/t19-,22-,27?/m0/s1. The van der Waals surface area contributed by atoms with Gasteiger partial charge in [-0.1, -0.05) is 48.5 Å². The SMILES string of the molecule is CC1(C(=O)Nc2nc(-c3ccc(F)c4ccccc34)cs2)C[C@H]2c3ccccc3[C@@H]1n1c2n[nH]c1=O. The van der Waals surface area contributed by atoms with Crippen LogP contribution in [0.25, 0.3) is 22.0 Å². The third-order valence-corrected chi connectivity index (χ3v) is 8.35. The maximum Gasteiger partial charge on any atom is 0.343 e. The lowest BCUT2D eigenvalue weighted by Crippen LogP contribution is -2.52. The van der Waals surface area contributed by atoms with Crippen molar-refractivity contribution in [1.82, 2.24) is 19.7 Å². The first-order valence-corrected chi connectivity index (χ1v) is 12.5. The zero-order chi connectivity index (χ0) is 24.6. The lowest BCUT2D eigenvalue weighted by atomic mass is 9.61. The first kappa shape index (κ1) is 21.2. The molecule has 7 nitrogen and oxygen atoms in total. The molecule has 1 aliphatic carbocycles. The van der Waals surface area contributed by atoms with Crippen molar-refractivity contribution < 1.29 is 9.18 Å². The van der Waals surface area contributed by atoms with Gasteiger partial charge in [-0.25, -0.2) is 19.3 Å². The number of nitrogens with zero attached hydrogens (tertiary/aromatic N) is 3. The predicted octanol–water partition coefficient (Wildman–Crippen LogP) is 5.07. The molecule has 0 spiro atoms. The molecule has 0 saturated carbocycles. The molecule has 4 heterocycles. The van der Waals surface area contributed by atoms with E-state index in [4.69, 9.17) is 0 Å². The molecule has 2 aliphatic heterocycles.